The first-order valence-electron chi connectivity index (χ1n) is 6.18. The summed E-state index contributed by atoms with van der Waals surface area (Å²) in [4.78, 5) is 16.8. The number of hydrogen-bond donors (Lipinski definition) is 2. The number of carbonyl (C=O) groups is 1. The van der Waals surface area contributed by atoms with Gasteiger partial charge >= 0.3 is 5.97 Å². The maximum atomic E-state index is 11.5. The van der Waals surface area contributed by atoms with E-state index in [4.69, 9.17) is 5.73 Å². The molecule has 0 radical (unpaired) electrons. The highest BCUT2D eigenvalue weighted by Crippen LogP contribution is 2.40. The third-order valence-corrected chi connectivity index (χ3v) is 4.46. The molecule has 1 saturated carbocycles. The molecule has 1 unspecified atom stereocenters. The molecule has 1 aliphatic carbocycles. The average Bonchev–Trinajstić information content (AvgIpc) is 2.92. The molecule has 3 rings (SSSR count). The lowest BCUT2D eigenvalue weighted by atomic mass is 9.94. The van der Waals surface area contributed by atoms with Crippen LogP contribution in [-0.2, 0) is 11.3 Å². The summed E-state index contributed by atoms with van der Waals surface area (Å²) in [6, 6.07) is 3.92. The Morgan fingerprint density at radius 3 is 3.00 bits per heavy atom. The second kappa shape index (κ2) is 4.47. The molecule has 0 saturated heterocycles. The summed E-state index contributed by atoms with van der Waals surface area (Å²) in [5.41, 5.74) is 4.93. The number of nitrogens with zero attached hydrogens (tertiary/aromatic N) is 2. The van der Waals surface area contributed by atoms with Gasteiger partial charge in [0.15, 0.2) is 0 Å². The van der Waals surface area contributed by atoms with Crippen LogP contribution in [0.1, 0.15) is 12.8 Å². The van der Waals surface area contributed by atoms with Gasteiger partial charge in [-0.15, -0.1) is 11.3 Å². The van der Waals surface area contributed by atoms with Gasteiger partial charge in [0.25, 0.3) is 0 Å². The minimum atomic E-state index is -1.19. The van der Waals surface area contributed by atoms with Gasteiger partial charge in [-0.3, -0.25) is 4.79 Å². The third kappa shape index (κ3) is 2.17. The predicted octanol–water partition coefficient (Wildman–Crippen LogP) is 1.80. The second-order valence-electron chi connectivity index (χ2n) is 4.98. The van der Waals surface area contributed by atoms with Crippen molar-refractivity contribution < 1.29 is 9.90 Å². The van der Waals surface area contributed by atoms with Crippen molar-refractivity contribution in [1.82, 2.24) is 9.55 Å². The highest BCUT2D eigenvalue weighted by Gasteiger charge is 2.48. The molecule has 2 aromatic rings. The lowest BCUT2D eigenvalue weighted by Gasteiger charge is -2.25. The number of rotatable bonds is 5. The van der Waals surface area contributed by atoms with Crippen molar-refractivity contribution in [3.8, 4) is 10.7 Å². The molecule has 19 heavy (non-hydrogen) atoms. The number of imidazole rings is 1. The topological polar surface area (TPSA) is 81.1 Å². The van der Waals surface area contributed by atoms with Crippen LogP contribution in [0, 0.1) is 5.92 Å². The van der Waals surface area contributed by atoms with Crippen LogP contribution in [0.2, 0.25) is 0 Å². The van der Waals surface area contributed by atoms with Gasteiger partial charge in [-0.1, -0.05) is 6.07 Å². The van der Waals surface area contributed by atoms with E-state index in [1.54, 1.807) is 23.7 Å². The zero-order chi connectivity index (χ0) is 13.5. The SMILES string of the molecule is NC(Cn1ccnc1-c1cccs1)(C(=O)O)C1CC1. The minimum absolute atomic E-state index is 0.0728. The van der Waals surface area contributed by atoms with Crippen LogP contribution in [-0.4, -0.2) is 26.2 Å². The number of carboxylic acids is 1. The number of nitrogens with two attached hydrogens (primary N) is 1. The molecular weight excluding hydrogens is 262 g/mol. The highest BCUT2D eigenvalue weighted by atomic mass is 32.1. The molecule has 2 aromatic heterocycles. The lowest BCUT2D eigenvalue weighted by molar-refractivity contribution is -0.144. The summed E-state index contributed by atoms with van der Waals surface area (Å²) < 4.78 is 1.85. The van der Waals surface area contributed by atoms with Crippen molar-refractivity contribution in [1.29, 1.82) is 0 Å². The summed E-state index contributed by atoms with van der Waals surface area (Å²) in [7, 11) is 0. The molecule has 100 valence electrons. The fourth-order valence-electron chi connectivity index (χ4n) is 2.32. The summed E-state index contributed by atoms with van der Waals surface area (Å²) in [6.07, 6.45) is 5.27. The fourth-order valence-corrected chi connectivity index (χ4v) is 3.06. The summed E-state index contributed by atoms with van der Waals surface area (Å²) in [5.74, 6) is -0.0730. The van der Waals surface area contributed by atoms with E-state index in [9.17, 15) is 9.90 Å². The van der Waals surface area contributed by atoms with E-state index < -0.39 is 11.5 Å². The van der Waals surface area contributed by atoms with Gasteiger partial charge in [0, 0.05) is 12.4 Å². The zero-order valence-electron chi connectivity index (χ0n) is 10.3. The molecule has 1 fully saturated rings. The first-order valence-corrected chi connectivity index (χ1v) is 7.06. The van der Waals surface area contributed by atoms with Crippen molar-refractivity contribution in [3.63, 3.8) is 0 Å². The van der Waals surface area contributed by atoms with Gasteiger partial charge < -0.3 is 15.4 Å². The first-order chi connectivity index (χ1) is 9.11. The number of carboxylic acid groups (broad SMARTS) is 1. The summed E-state index contributed by atoms with van der Waals surface area (Å²) in [5, 5.41) is 11.4. The standard InChI is InChI=1S/C13H15N3O2S/c14-13(12(17)18,9-3-4-9)8-16-6-5-15-11(16)10-2-1-7-19-10/h1-2,5-7,9H,3-4,8,14H2,(H,17,18). The van der Waals surface area contributed by atoms with E-state index in [0.29, 0.717) is 0 Å². The Hall–Kier alpha value is -1.66. The van der Waals surface area contributed by atoms with Crippen LogP contribution in [0.5, 0.6) is 0 Å². The van der Waals surface area contributed by atoms with Crippen molar-refractivity contribution >= 4 is 17.3 Å². The Balaban J connectivity index is 1.91. The molecule has 0 amide bonds. The summed E-state index contributed by atoms with van der Waals surface area (Å²) in [6.45, 7) is 0.264. The number of thiophene rings is 1. The molecule has 1 aliphatic rings. The van der Waals surface area contributed by atoms with Crippen molar-refractivity contribution in [2.75, 3.05) is 0 Å². The van der Waals surface area contributed by atoms with Gasteiger partial charge in [0.05, 0.1) is 11.4 Å². The maximum Gasteiger partial charge on any atom is 0.325 e. The molecule has 2 heterocycles. The molecule has 6 heteroatoms. The Morgan fingerprint density at radius 1 is 1.63 bits per heavy atom. The van der Waals surface area contributed by atoms with Gasteiger partial charge in [-0.2, -0.15) is 0 Å². The van der Waals surface area contributed by atoms with Crippen LogP contribution < -0.4 is 5.73 Å². The van der Waals surface area contributed by atoms with E-state index in [1.165, 1.54) is 0 Å². The molecule has 0 aromatic carbocycles. The first kappa shape index (κ1) is 12.4. The monoisotopic (exact) mass is 277 g/mol. The maximum absolute atomic E-state index is 11.5. The molecule has 0 spiro atoms. The Bertz CT molecular complexity index is 589. The van der Waals surface area contributed by atoms with Crippen LogP contribution in [0.3, 0.4) is 0 Å². The van der Waals surface area contributed by atoms with Crippen molar-refractivity contribution in [2.24, 2.45) is 11.7 Å². The molecule has 3 N–H and O–H groups in total. The Labute approximate surface area is 114 Å². The van der Waals surface area contributed by atoms with E-state index in [-0.39, 0.29) is 12.5 Å². The smallest absolute Gasteiger partial charge is 0.325 e. The second-order valence-corrected chi connectivity index (χ2v) is 5.92. The van der Waals surface area contributed by atoms with Gasteiger partial charge in [0.2, 0.25) is 0 Å². The van der Waals surface area contributed by atoms with Crippen molar-refractivity contribution in [2.45, 2.75) is 24.9 Å². The van der Waals surface area contributed by atoms with Gasteiger partial charge in [0.1, 0.15) is 11.4 Å². The van der Waals surface area contributed by atoms with Crippen LogP contribution in [0.25, 0.3) is 10.7 Å². The molecule has 5 nitrogen and oxygen atoms in total. The number of hydrogen-bond acceptors (Lipinski definition) is 4. The number of aliphatic carboxylic acids is 1. The van der Waals surface area contributed by atoms with E-state index >= 15 is 0 Å². The molecule has 0 aliphatic heterocycles. The normalized spacial score (nSPS) is 18.2. The van der Waals surface area contributed by atoms with Crippen molar-refractivity contribution in [3.05, 3.63) is 29.9 Å². The molecule has 0 bridgehead atoms. The van der Waals surface area contributed by atoms with E-state index in [1.807, 2.05) is 22.1 Å². The summed E-state index contributed by atoms with van der Waals surface area (Å²) >= 11 is 1.58. The van der Waals surface area contributed by atoms with E-state index in [0.717, 1.165) is 23.5 Å². The fraction of sp³-hybridized carbons (Fsp3) is 0.385. The third-order valence-electron chi connectivity index (χ3n) is 3.59. The van der Waals surface area contributed by atoms with E-state index in [2.05, 4.69) is 4.98 Å². The van der Waals surface area contributed by atoms with Crippen LogP contribution in [0.15, 0.2) is 29.9 Å². The lowest BCUT2D eigenvalue weighted by Crippen LogP contribution is -2.53. The van der Waals surface area contributed by atoms with Crippen LogP contribution >= 0.6 is 11.3 Å². The number of aromatic nitrogens is 2. The predicted molar refractivity (Wildman–Crippen MR) is 72.8 cm³/mol. The largest absolute Gasteiger partial charge is 0.480 e. The average molecular weight is 277 g/mol. The Morgan fingerprint density at radius 2 is 2.42 bits per heavy atom. The zero-order valence-corrected chi connectivity index (χ0v) is 11.1. The highest BCUT2D eigenvalue weighted by molar-refractivity contribution is 7.13. The van der Waals surface area contributed by atoms with Gasteiger partial charge in [-0.05, 0) is 30.2 Å². The minimum Gasteiger partial charge on any atom is -0.480 e. The molecular formula is C13H15N3O2S. The Kier molecular flexibility index (Phi) is 2.91. The van der Waals surface area contributed by atoms with Crippen LogP contribution in [0.4, 0.5) is 0 Å². The molecule has 1 atom stereocenters. The van der Waals surface area contributed by atoms with Gasteiger partial charge in [-0.25, -0.2) is 4.98 Å². The quantitative estimate of drug-likeness (QED) is 0.873.